The second-order valence-electron chi connectivity index (χ2n) is 12.6. The first-order chi connectivity index (χ1) is 20.4. The van der Waals surface area contributed by atoms with E-state index < -0.39 is 12.1 Å². The van der Waals surface area contributed by atoms with Gasteiger partial charge in [-0.3, -0.25) is 9.69 Å². The number of carboxylic acid groups (broad SMARTS) is 1. The maximum Gasteiger partial charge on any atom is 0.335 e. The van der Waals surface area contributed by atoms with E-state index in [1.54, 1.807) is 18.2 Å². The molecule has 1 atom stereocenters. The first-order valence-electron chi connectivity index (χ1n) is 16.3. The minimum Gasteiger partial charge on any atom is -0.478 e. The lowest BCUT2D eigenvalue weighted by molar-refractivity contribution is -0.129. The number of carbonyl (C=O) groups is 2. The number of alkyl halides is 1. The monoisotopic (exact) mass is 577 g/mol. The molecule has 0 radical (unpaired) electrons. The summed E-state index contributed by atoms with van der Waals surface area (Å²) in [6.45, 7) is 9.25. The minimum absolute atomic E-state index is 0.0150. The molecule has 42 heavy (non-hydrogen) atoms. The van der Waals surface area contributed by atoms with Crippen molar-refractivity contribution >= 4 is 22.8 Å². The minimum atomic E-state index is -0.941. The Morgan fingerprint density at radius 2 is 1.71 bits per heavy atom. The van der Waals surface area contributed by atoms with Crippen molar-refractivity contribution in [2.24, 2.45) is 0 Å². The second-order valence-corrected chi connectivity index (χ2v) is 12.6. The molecule has 1 N–H and O–H groups in total. The smallest absolute Gasteiger partial charge is 0.335 e. The Kier molecular flexibility index (Phi) is 10.2. The number of aromatic carboxylic acids is 1. The first-order valence-corrected chi connectivity index (χ1v) is 16.3. The number of piperidine rings is 2. The fraction of sp³-hybridized carbons (Fsp3) is 0.600. The SMILES string of the molecule is C=C/C=C(\Cn1c(CC)c(C2CCCCCCC2)c2ccc(C(=O)O)cc21)C(=O)N1CCC(N2CCCC(F)C2)CC1. The van der Waals surface area contributed by atoms with Gasteiger partial charge in [-0.05, 0) is 75.1 Å². The molecule has 0 spiro atoms. The predicted octanol–water partition coefficient (Wildman–Crippen LogP) is 7.27. The number of fused-ring (bicyclic) bond motifs is 1. The largest absolute Gasteiger partial charge is 0.478 e. The molecule has 7 heteroatoms. The number of aromatic nitrogens is 1. The van der Waals surface area contributed by atoms with Gasteiger partial charge in [-0.15, -0.1) is 0 Å². The van der Waals surface area contributed by atoms with E-state index in [1.165, 1.54) is 43.4 Å². The Morgan fingerprint density at radius 3 is 2.36 bits per heavy atom. The summed E-state index contributed by atoms with van der Waals surface area (Å²) in [7, 11) is 0. The van der Waals surface area contributed by atoms with Crippen molar-refractivity contribution < 1.29 is 19.1 Å². The quantitative estimate of drug-likeness (QED) is 0.265. The number of likely N-dealkylation sites (tertiary alicyclic amines) is 2. The highest BCUT2D eigenvalue weighted by atomic mass is 19.1. The molecule has 1 saturated carbocycles. The summed E-state index contributed by atoms with van der Waals surface area (Å²) in [6, 6.07) is 5.85. The molecule has 1 aliphatic carbocycles. The molecule has 1 amide bonds. The van der Waals surface area contributed by atoms with Crippen LogP contribution in [0.2, 0.25) is 0 Å². The highest BCUT2D eigenvalue weighted by Crippen LogP contribution is 2.40. The number of amides is 1. The third kappa shape index (κ3) is 6.66. The molecule has 3 fully saturated rings. The van der Waals surface area contributed by atoms with Gasteiger partial charge < -0.3 is 14.6 Å². The third-order valence-corrected chi connectivity index (χ3v) is 9.90. The molecule has 1 aromatic heterocycles. The van der Waals surface area contributed by atoms with Gasteiger partial charge in [-0.1, -0.05) is 63.8 Å². The fourth-order valence-corrected chi connectivity index (χ4v) is 7.75. The van der Waals surface area contributed by atoms with Crippen LogP contribution < -0.4 is 0 Å². The highest BCUT2D eigenvalue weighted by molar-refractivity contribution is 5.97. The zero-order valence-electron chi connectivity index (χ0n) is 25.3. The van der Waals surface area contributed by atoms with E-state index >= 15 is 0 Å². The summed E-state index contributed by atoms with van der Waals surface area (Å²) in [6.07, 6.45) is 15.4. The van der Waals surface area contributed by atoms with E-state index in [4.69, 9.17) is 0 Å². The molecule has 1 unspecified atom stereocenters. The summed E-state index contributed by atoms with van der Waals surface area (Å²) >= 11 is 0. The van der Waals surface area contributed by atoms with E-state index in [0.717, 1.165) is 56.0 Å². The highest BCUT2D eigenvalue weighted by Gasteiger charge is 2.32. The van der Waals surface area contributed by atoms with Crippen molar-refractivity contribution in [2.75, 3.05) is 26.2 Å². The number of halogens is 1. The van der Waals surface area contributed by atoms with Gasteiger partial charge in [0, 0.05) is 47.8 Å². The van der Waals surface area contributed by atoms with Gasteiger partial charge >= 0.3 is 5.97 Å². The zero-order chi connectivity index (χ0) is 29.6. The maximum atomic E-state index is 14.0. The van der Waals surface area contributed by atoms with E-state index in [0.29, 0.717) is 50.1 Å². The summed E-state index contributed by atoms with van der Waals surface area (Å²) in [5.74, 6) is -0.482. The first kappa shape index (κ1) is 30.5. The van der Waals surface area contributed by atoms with Crippen LogP contribution in [0.3, 0.4) is 0 Å². The van der Waals surface area contributed by atoms with Crippen molar-refractivity contribution in [1.82, 2.24) is 14.4 Å². The molecule has 6 nitrogen and oxygen atoms in total. The summed E-state index contributed by atoms with van der Waals surface area (Å²) in [5.41, 5.74) is 4.40. The number of nitrogens with zero attached hydrogens (tertiary/aromatic N) is 3. The number of benzene rings is 1. The normalized spacial score (nSPS) is 22.2. The van der Waals surface area contributed by atoms with Gasteiger partial charge in [0.25, 0.3) is 5.91 Å². The molecule has 2 aliphatic heterocycles. The van der Waals surface area contributed by atoms with Gasteiger partial charge in [0.1, 0.15) is 6.17 Å². The molecular formula is C35H48FN3O3. The van der Waals surface area contributed by atoms with Gasteiger partial charge in [0.2, 0.25) is 0 Å². The predicted molar refractivity (Wildman–Crippen MR) is 167 cm³/mol. The number of carboxylic acids is 1. The molecule has 3 heterocycles. The van der Waals surface area contributed by atoms with Crippen molar-refractivity contribution in [2.45, 2.75) is 109 Å². The number of allylic oxidation sites excluding steroid dienone is 2. The number of rotatable bonds is 8. The van der Waals surface area contributed by atoms with Crippen LogP contribution >= 0.6 is 0 Å². The van der Waals surface area contributed by atoms with Crippen LogP contribution in [0.5, 0.6) is 0 Å². The molecule has 5 rings (SSSR count). The van der Waals surface area contributed by atoms with Crippen LogP contribution in [0, 0.1) is 0 Å². The number of hydrogen-bond acceptors (Lipinski definition) is 3. The van der Waals surface area contributed by atoms with Gasteiger partial charge in [-0.25, -0.2) is 9.18 Å². The Balaban J connectivity index is 1.43. The molecule has 0 bridgehead atoms. The van der Waals surface area contributed by atoms with Crippen LogP contribution in [-0.4, -0.2) is 69.7 Å². The fourth-order valence-electron chi connectivity index (χ4n) is 7.75. The van der Waals surface area contributed by atoms with Gasteiger partial charge in [0.15, 0.2) is 0 Å². The van der Waals surface area contributed by atoms with Crippen LogP contribution in [0.15, 0.2) is 42.5 Å². The average Bonchev–Trinajstić information content (AvgIpc) is 3.28. The summed E-state index contributed by atoms with van der Waals surface area (Å²) in [4.78, 5) is 30.2. The summed E-state index contributed by atoms with van der Waals surface area (Å²) in [5, 5.41) is 10.9. The van der Waals surface area contributed by atoms with Crippen LogP contribution in [0.25, 0.3) is 10.9 Å². The lowest BCUT2D eigenvalue weighted by Gasteiger charge is -2.41. The lowest BCUT2D eigenvalue weighted by Crippen LogP contribution is -2.50. The van der Waals surface area contributed by atoms with Gasteiger partial charge in [-0.2, -0.15) is 0 Å². The van der Waals surface area contributed by atoms with Gasteiger partial charge in [0.05, 0.1) is 12.1 Å². The van der Waals surface area contributed by atoms with Crippen molar-refractivity contribution in [1.29, 1.82) is 0 Å². The van der Waals surface area contributed by atoms with Crippen LogP contribution in [0.4, 0.5) is 4.39 Å². The van der Waals surface area contributed by atoms with Crippen molar-refractivity contribution in [3.8, 4) is 0 Å². The number of hydrogen-bond donors (Lipinski definition) is 1. The van der Waals surface area contributed by atoms with Crippen LogP contribution in [0.1, 0.15) is 105 Å². The van der Waals surface area contributed by atoms with E-state index in [-0.39, 0.29) is 11.5 Å². The molecule has 2 aromatic rings. The van der Waals surface area contributed by atoms with E-state index in [2.05, 4.69) is 23.0 Å². The second kappa shape index (κ2) is 14.0. The number of carbonyl (C=O) groups excluding carboxylic acids is 1. The Bertz CT molecular complexity index is 1300. The van der Waals surface area contributed by atoms with Crippen molar-refractivity contribution in [3.05, 3.63) is 59.3 Å². The van der Waals surface area contributed by atoms with E-state index in [9.17, 15) is 19.1 Å². The van der Waals surface area contributed by atoms with Crippen LogP contribution in [-0.2, 0) is 17.8 Å². The molecule has 2 saturated heterocycles. The Hall–Kier alpha value is -2.93. The lowest BCUT2D eigenvalue weighted by atomic mass is 9.84. The average molecular weight is 578 g/mol. The molecule has 1 aromatic carbocycles. The molecular weight excluding hydrogens is 529 g/mol. The van der Waals surface area contributed by atoms with Crippen molar-refractivity contribution in [3.63, 3.8) is 0 Å². The summed E-state index contributed by atoms with van der Waals surface area (Å²) < 4.78 is 16.2. The topological polar surface area (TPSA) is 65.8 Å². The standard InChI is InChI=1S/C35H48FN3O3/c1-3-11-27(34(40)37-20-17-29(18-21-37)38-19-10-14-28(36)24-38)23-39-31(4-2)33(25-12-8-6-5-7-9-13-25)30-16-15-26(35(41)42)22-32(30)39/h3,11,15-16,22,25,28-29H,1,4-10,12-14,17-21,23-24H2,2H3,(H,41,42)/b27-11+. The zero-order valence-corrected chi connectivity index (χ0v) is 25.3. The molecule has 228 valence electrons. The third-order valence-electron chi connectivity index (χ3n) is 9.90. The van der Waals surface area contributed by atoms with E-state index in [1.807, 2.05) is 17.0 Å². The molecule has 3 aliphatic rings. The maximum absolute atomic E-state index is 14.0. The Morgan fingerprint density at radius 1 is 1.00 bits per heavy atom. The Labute approximate surface area is 250 Å².